The van der Waals surface area contributed by atoms with E-state index in [9.17, 15) is 18.0 Å². The Bertz CT molecular complexity index is 763. The summed E-state index contributed by atoms with van der Waals surface area (Å²) in [5, 5.41) is 2.63. The summed E-state index contributed by atoms with van der Waals surface area (Å²) in [6, 6.07) is 0.935. The number of rotatable bonds is 5. The van der Waals surface area contributed by atoms with Gasteiger partial charge in [0, 0.05) is 25.2 Å². The molecule has 0 spiro atoms. The number of halogens is 3. The molecule has 0 atom stereocenters. The van der Waals surface area contributed by atoms with Crippen molar-refractivity contribution in [2.45, 2.75) is 52.0 Å². The first-order chi connectivity index (χ1) is 12.8. The monoisotopic (exact) mass is 400 g/mol. The van der Waals surface area contributed by atoms with Gasteiger partial charge in [-0.25, -0.2) is 4.98 Å². The second-order valence-corrected chi connectivity index (χ2v) is 7.54. The van der Waals surface area contributed by atoms with Gasteiger partial charge in [-0.3, -0.25) is 4.79 Å². The molecule has 2 rings (SSSR count). The fraction of sp³-hybridized carbons (Fsp3) is 0.556. The number of pyridine rings is 1. The van der Waals surface area contributed by atoms with Crippen LogP contribution in [-0.2, 0) is 20.3 Å². The Hall–Kier alpha value is -2.07. The Balaban J connectivity index is 2.49. The lowest BCUT2D eigenvalue weighted by Gasteiger charge is -2.32. The van der Waals surface area contributed by atoms with E-state index in [1.165, 1.54) is 20.1 Å². The summed E-state index contributed by atoms with van der Waals surface area (Å²) in [6.45, 7) is 8.80. The summed E-state index contributed by atoms with van der Waals surface area (Å²) >= 11 is 0. The first-order valence-corrected chi connectivity index (χ1v) is 8.68. The van der Waals surface area contributed by atoms with E-state index in [1.807, 2.05) is 27.7 Å². The summed E-state index contributed by atoms with van der Waals surface area (Å²) in [7, 11) is 0.464. The lowest BCUT2D eigenvalue weighted by Crippen LogP contribution is -2.41. The molecule has 1 aromatic rings. The van der Waals surface area contributed by atoms with Gasteiger partial charge in [-0.15, -0.1) is 0 Å². The third-order valence-electron chi connectivity index (χ3n) is 4.84. The van der Waals surface area contributed by atoms with Gasteiger partial charge >= 0.3 is 13.3 Å². The van der Waals surface area contributed by atoms with Crippen molar-refractivity contribution in [1.29, 1.82) is 0 Å². The van der Waals surface area contributed by atoms with E-state index < -0.39 is 30.1 Å². The molecule has 1 N–H and O–H groups in total. The highest BCUT2D eigenvalue weighted by atomic mass is 19.4. The molecule has 1 aromatic heterocycles. The number of amides is 1. The van der Waals surface area contributed by atoms with Crippen LogP contribution in [0.5, 0.6) is 5.88 Å². The largest absolute Gasteiger partial charge is 0.492 e. The highest BCUT2D eigenvalue weighted by Crippen LogP contribution is 2.39. The smallest absolute Gasteiger partial charge is 0.481 e. The first kappa shape index (κ1) is 22.2. The number of ether oxygens (including phenoxy) is 1. The van der Waals surface area contributed by atoms with Gasteiger partial charge in [0.2, 0.25) is 11.8 Å². The van der Waals surface area contributed by atoms with E-state index >= 15 is 0 Å². The molecule has 1 amide bonds. The van der Waals surface area contributed by atoms with Crippen LogP contribution in [0.15, 0.2) is 17.7 Å². The summed E-state index contributed by atoms with van der Waals surface area (Å²) in [5.74, 6) is -0.276. The molecule has 1 saturated heterocycles. The maximum absolute atomic E-state index is 13.1. The zero-order valence-electron chi connectivity index (χ0n) is 16.7. The quantitative estimate of drug-likeness (QED) is 0.769. The van der Waals surface area contributed by atoms with E-state index in [0.29, 0.717) is 11.7 Å². The van der Waals surface area contributed by atoms with Crippen LogP contribution in [0, 0.1) is 0 Å². The highest BCUT2D eigenvalue weighted by molar-refractivity contribution is 6.56. The van der Waals surface area contributed by atoms with Crippen LogP contribution >= 0.6 is 0 Å². The SMILES string of the molecule is COc1ncc(C(F)(F)F)cc1C=C(CNC(C)=O)B1OC(C)(C)C(C)(C)O1. The number of aromatic nitrogens is 1. The molecule has 1 fully saturated rings. The zero-order valence-corrected chi connectivity index (χ0v) is 16.7. The van der Waals surface area contributed by atoms with Gasteiger partial charge in [-0.1, -0.05) is 6.08 Å². The number of nitrogens with zero attached hydrogens (tertiary/aromatic N) is 1. The lowest BCUT2D eigenvalue weighted by molar-refractivity contribution is -0.137. The van der Waals surface area contributed by atoms with Crippen molar-refractivity contribution in [1.82, 2.24) is 10.3 Å². The van der Waals surface area contributed by atoms with Gasteiger partial charge in [0.05, 0.1) is 23.9 Å². The van der Waals surface area contributed by atoms with Gasteiger partial charge < -0.3 is 19.4 Å². The van der Waals surface area contributed by atoms with Crippen molar-refractivity contribution in [2.75, 3.05) is 13.7 Å². The maximum Gasteiger partial charge on any atom is 0.492 e. The molecule has 1 aliphatic rings. The van der Waals surface area contributed by atoms with Crippen LogP contribution < -0.4 is 10.1 Å². The molecule has 28 heavy (non-hydrogen) atoms. The number of methoxy groups -OCH3 is 1. The predicted octanol–water partition coefficient (Wildman–Crippen LogP) is 3.26. The maximum atomic E-state index is 13.1. The van der Waals surface area contributed by atoms with Crippen molar-refractivity contribution in [2.24, 2.45) is 0 Å². The molecule has 154 valence electrons. The Morgan fingerprint density at radius 3 is 2.32 bits per heavy atom. The Morgan fingerprint density at radius 2 is 1.86 bits per heavy atom. The number of carbonyl (C=O) groups excluding carboxylic acids is 1. The molecule has 0 bridgehead atoms. The van der Waals surface area contributed by atoms with Gasteiger partial charge in [0.15, 0.2) is 0 Å². The third kappa shape index (κ3) is 4.85. The zero-order chi connectivity index (χ0) is 21.3. The fourth-order valence-electron chi connectivity index (χ4n) is 2.52. The van der Waals surface area contributed by atoms with Gasteiger partial charge in [0.1, 0.15) is 0 Å². The van der Waals surface area contributed by atoms with E-state index in [0.717, 1.165) is 6.07 Å². The van der Waals surface area contributed by atoms with E-state index in [4.69, 9.17) is 14.0 Å². The topological polar surface area (TPSA) is 69.7 Å². The molecule has 0 aliphatic carbocycles. The first-order valence-electron chi connectivity index (χ1n) is 8.68. The minimum absolute atomic E-state index is 0.0184. The van der Waals surface area contributed by atoms with Gasteiger partial charge in [0.25, 0.3) is 0 Å². The number of carbonyl (C=O) groups is 1. The van der Waals surface area contributed by atoms with Crippen molar-refractivity contribution in [3.8, 4) is 5.88 Å². The fourth-order valence-corrected chi connectivity index (χ4v) is 2.52. The summed E-state index contributed by atoms with van der Waals surface area (Å²) in [5.41, 5.74) is -1.67. The second kappa shape index (κ2) is 7.75. The number of hydrogen-bond donors (Lipinski definition) is 1. The molecule has 1 aliphatic heterocycles. The minimum atomic E-state index is -4.55. The van der Waals surface area contributed by atoms with Crippen LogP contribution in [0.25, 0.3) is 6.08 Å². The Kier molecular flexibility index (Phi) is 6.15. The van der Waals surface area contributed by atoms with E-state index in [-0.39, 0.29) is 23.9 Å². The summed E-state index contributed by atoms with van der Waals surface area (Å²) in [4.78, 5) is 15.1. The summed E-state index contributed by atoms with van der Waals surface area (Å²) < 4.78 is 56.3. The molecule has 2 heterocycles. The van der Waals surface area contributed by atoms with Crippen LogP contribution in [0.1, 0.15) is 45.7 Å². The standard InChI is InChI=1S/C18H24BF3N2O4/c1-11(25)23-10-14(19-27-16(2,3)17(4,5)28-19)8-12-7-13(18(20,21)22)9-24-15(12)26-6/h7-9H,10H2,1-6H3,(H,23,25). The van der Waals surface area contributed by atoms with Crippen molar-refractivity contribution >= 4 is 19.1 Å². The Morgan fingerprint density at radius 1 is 1.29 bits per heavy atom. The minimum Gasteiger partial charge on any atom is -0.481 e. The predicted molar refractivity (Wildman–Crippen MR) is 98.5 cm³/mol. The van der Waals surface area contributed by atoms with Crippen molar-refractivity contribution in [3.05, 3.63) is 28.9 Å². The normalized spacial score (nSPS) is 18.9. The average Bonchev–Trinajstić information content (AvgIpc) is 2.77. The van der Waals surface area contributed by atoms with Crippen LogP contribution in [0.4, 0.5) is 13.2 Å². The average molecular weight is 400 g/mol. The Labute approximate surface area is 162 Å². The highest BCUT2D eigenvalue weighted by Gasteiger charge is 2.52. The molecule has 0 saturated carbocycles. The number of hydrogen-bond acceptors (Lipinski definition) is 5. The van der Waals surface area contributed by atoms with Crippen LogP contribution in [0.3, 0.4) is 0 Å². The summed E-state index contributed by atoms with van der Waals surface area (Å²) in [6.07, 6.45) is -2.40. The number of nitrogens with one attached hydrogen (secondary N) is 1. The van der Waals surface area contributed by atoms with Crippen molar-refractivity contribution in [3.63, 3.8) is 0 Å². The third-order valence-corrected chi connectivity index (χ3v) is 4.84. The molecule has 0 unspecified atom stereocenters. The van der Waals surface area contributed by atoms with E-state index in [2.05, 4.69) is 10.3 Å². The lowest BCUT2D eigenvalue weighted by atomic mass is 9.77. The molecular weight excluding hydrogens is 376 g/mol. The molecule has 0 aromatic carbocycles. The molecular formula is C18H24BF3N2O4. The number of alkyl halides is 3. The van der Waals surface area contributed by atoms with Gasteiger partial charge in [-0.05, 0) is 39.2 Å². The molecule has 0 radical (unpaired) electrons. The van der Waals surface area contributed by atoms with Gasteiger partial charge in [-0.2, -0.15) is 13.2 Å². The van der Waals surface area contributed by atoms with Crippen molar-refractivity contribution < 1.29 is 32.0 Å². The van der Waals surface area contributed by atoms with Crippen LogP contribution in [-0.4, -0.2) is 42.9 Å². The second-order valence-electron chi connectivity index (χ2n) is 7.54. The molecule has 6 nitrogen and oxygen atoms in total. The molecule has 10 heteroatoms. The van der Waals surface area contributed by atoms with Crippen LogP contribution in [0.2, 0.25) is 0 Å². The van der Waals surface area contributed by atoms with E-state index in [1.54, 1.807) is 0 Å².